The molecule has 3 nitrogen and oxygen atoms in total. The van der Waals surface area contributed by atoms with Gasteiger partial charge in [-0.05, 0) is 62.8 Å². The highest BCUT2D eigenvalue weighted by atomic mass is 16.3. The SMILES string of the molecule is CC(CCN1CCC=C(c2cccc3ccoc23)CC1)(C(=O)C1CCCCC1)c1ccccc1. The van der Waals surface area contributed by atoms with Crippen LogP contribution in [0.5, 0.6) is 0 Å². The van der Waals surface area contributed by atoms with Crippen molar-refractivity contribution in [3.8, 4) is 0 Å². The molecular weight excluding hydrogens is 418 g/mol. The summed E-state index contributed by atoms with van der Waals surface area (Å²) in [6.07, 6.45) is 12.9. The lowest BCUT2D eigenvalue weighted by Crippen LogP contribution is -2.41. The van der Waals surface area contributed by atoms with Crippen LogP contribution >= 0.6 is 0 Å². The molecule has 0 N–H and O–H groups in total. The van der Waals surface area contributed by atoms with E-state index in [2.05, 4.69) is 66.4 Å². The van der Waals surface area contributed by atoms with Crippen molar-refractivity contribution in [2.75, 3.05) is 19.6 Å². The van der Waals surface area contributed by atoms with Crippen LogP contribution in [0.2, 0.25) is 0 Å². The molecule has 2 heterocycles. The van der Waals surface area contributed by atoms with Gasteiger partial charge in [0.05, 0.1) is 11.7 Å². The van der Waals surface area contributed by atoms with Gasteiger partial charge < -0.3 is 9.32 Å². The molecule has 0 amide bonds. The molecule has 0 radical (unpaired) electrons. The van der Waals surface area contributed by atoms with Gasteiger partial charge in [0.15, 0.2) is 0 Å². The zero-order chi connectivity index (χ0) is 23.4. The van der Waals surface area contributed by atoms with E-state index in [1.807, 2.05) is 6.07 Å². The Morgan fingerprint density at radius 3 is 2.65 bits per heavy atom. The Kier molecular flexibility index (Phi) is 7.01. The first-order valence-electron chi connectivity index (χ1n) is 13.1. The summed E-state index contributed by atoms with van der Waals surface area (Å²) in [6, 6.07) is 19.0. The molecule has 1 fully saturated rings. The maximum atomic E-state index is 13.9. The van der Waals surface area contributed by atoms with Gasteiger partial charge in [-0.1, -0.05) is 73.9 Å². The minimum absolute atomic E-state index is 0.227. The average Bonchev–Trinajstić information content (AvgIpc) is 3.26. The molecule has 0 saturated heterocycles. The summed E-state index contributed by atoms with van der Waals surface area (Å²) in [5.41, 5.74) is 4.38. The number of carbonyl (C=O) groups excluding carboxylic acids is 1. The molecule has 0 spiro atoms. The quantitative estimate of drug-likeness (QED) is 0.372. The van der Waals surface area contributed by atoms with E-state index in [4.69, 9.17) is 4.42 Å². The van der Waals surface area contributed by atoms with Gasteiger partial charge >= 0.3 is 0 Å². The van der Waals surface area contributed by atoms with E-state index in [-0.39, 0.29) is 5.92 Å². The fourth-order valence-corrected chi connectivity index (χ4v) is 6.04. The molecule has 2 aromatic carbocycles. The predicted octanol–water partition coefficient (Wildman–Crippen LogP) is 7.41. The maximum absolute atomic E-state index is 13.9. The van der Waals surface area contributed by atoms with Crippen molar-refractivity contribution < 1.29 is 9.21 Å². The maximum Gasteiger partial charge on any atom is 0.146 e. The topological polar surface area (TPSA) is 33.5 Å². The zero-order valence-corrected chi connectivity index (χ0v) is 20.5. The van der Waals surface area contributed by atoms with Crippen molar-refractivity contribution in [2.24, 2.45) is 5.92 Å². The fraction of sp³-hybridized carbons (Fsp3) is 0.452. The van der Waals surface area contributed by atoms with E-state index in [0.717, 1.165) is 57.3 Å². The van der Waals surface area contributed by atoms with Crippen LogP contribution in [0.1, 0.15) is 69.4 Å². The number of fused-ring (bicyclic) bond motifs is 1. The molecule has 1 aromatic heterocycles. The highest BCUT2D eigenvalue weighted by molar-refractivity contribution is 5.92. The van der Waals surface area contributed by atoms with Crippen molar-refractivity contribution >= 4 is 22.3 Å². The summed E-state index contributed by atoms with van der Waals surface area (Å²) < 4.78 is 5.80. The van der Waals surface area contributed by atoms with Crippen LogP contribution in [-0.2, 0) is 10.2 Å². The minimum Gasteiger partial charge on any atom is -0.464 e. The molecular formula is C31H37NO2. The second kappa shape index (κ2) is 10.3. The van der Waals surface area contributed by atoms with E-state index in [9.17, 15) is 4.79 Å². The Labute approximate surface area is 203 Å². The molecule has 5 rings (SSSR count). The van der Waals surface area contributed by atoms with Crippen molar-refractivity contribution in [1.82, 2.24) is 4.90 Å². The van der Waals surface area contributed by atoms with E-state index in [0.29, 0.717) is 5.78 Å². The standard InChI is InChI=1S/C31H37NO2/c1-31(27-14-6-3-7-15-27,30(33)26-10-4-2-5-11-26)19-22-32-20-9-13-24(17-21-32)28-16-8-12-25-18-23-34-29(25)28/h3,6-8,12-16,18,23,26H,2,4-5,9-11,17,19-22H2,1H3. The average molecular weight is 456 g/mol. The first-order valence-corrected chi connectivity index (χ1v) is 13.1. The number of para-hydroxylation sites is 1. The number of carbonyl (C=O) groups is 1. The van der Waals surface area contributed by atoms with E-state index in [1.54, 1.807) is 6.26 Å². The molecule has 3 aromatic rings. The van der Waals surface area contributed by atoms with Crippen LogP contribution in [0.15, 0.2) is 71.4 Å². The van der Waals surface area contributed by atoms with Crippen LogP contribution in [0.25, 0.3) is 16.5 Å². The van der Waals surface area contributed by atoms with Gasteiger partial charge in [-0.3, -0.25) is 4.79 Å². The van der Waals surface area contributed by atoms with Crippen molar-refractivity contribution in [1.29, 1.82) is 0 Å². The fourth-order valence-electron chi connectivity index (χ4n) is 6.04. The van der Waals surface area contributed by atoms with Gasteiger partial charge in [-0.2, -0.15) is 0 Å². The monoisotopic (exact) mass is 455 g/mol. The first kappa shape index (κ1) is 23.1. The lowest BCUT2D eigenvalue weighted by Gasteiger charge is -2.35. The Balaban J connectivity index is 1.28. The number of furan rings is 1. The number of rotatable bonds is 7. The normalized spacial score (nSPS) is 20.0. The Morgan fingerprint density at radius 1 is 1.00 bits per heavy atom. The van der Waals surface area contributed by atoms with E-state index < -0.39 is 5.41 Å². The molecule has 1 atom stereocenters. The molecule has 178 valence electrons. The lowest BCUT2D eigenvalue weighted by molar-refractivity contribution is -0.129. The molecule has 1 aliphatic heterocycles. The van der Waals surface area contributed by atoms with Gasteiger partial charge in [0.25, 0.3) is 0 Å². The van der Waals surface area contributed by atoms with E-state index in [1.165, 1.54) is 41.3 Å². The molecule has 1 aliphatic carbocycles. The second-order valence-corrected chi connectivity index (χ2v) is 10.4. The zero-order valence-electron chi connectivity index (χ0n) is 20.5. The van der Waals surface area contributed by atoms with Gasteiger partial charge in [0.1, 0.15) is 11.4 Å². The highest BCUT2D eigenvalue weighted by Gasteiger charge is 2.39. The molecule has 0 bridgehead atoms. The highest BCUT2D eigenvalue weighted by Crippen LogP contribution is 2.37. The number of nitrogens with zero attached hydrogens (tertiary/aromatic N) is 1. The summed E-state index contributed by atoms with van der Waals surface area (Å²) in [6.45, 7) is 5.22. The molecule has 3 heteroatoms. The third-order valence-corrected chi connectivity index (χ3v) is 8.22. The largest absolute Gasteiger partial charge is 0.464 e. The number of ketones is 1. The molecule has 2 aliphatic rings. The first-order chi connectivity index (χ1) is 16.6. The number of hydrogen-bond acceptors (Lipinski definition) is 3. The minimum atomic E-state index is -0.411. The molecule has 1 unspecified atom stereocenters. The van der Waals surface area contributed by atoms with Crippen LogP contribution in [0.4, 0.5) is 0 Å². The van der Waals surface area contributed by atoms with Crippen LogP contribution < -0.4 is 0 Å². The second-order valence-electron chi connectivity index (χ2n) is 10.4. The number of hydrogen-bond donors (Lipinski definition) is 0. The summed E-state index contributed by atoms with van der Waals surface area (Å²) in [4.78, 5) is 16.4. The Hall–Kier alpha value is -2.65. The summed E-state index contributed by atoms with van der Waals surface area (Å²) in [5.74, 6) is 0.696. The number of Topliss-reactive ketones (excluding diaryl/α,β-unsaturated/α-hetero) is 1. The molecule has 1 saturated carbocycles. The third-order valence-electron chi connectivity index (χ3n) is 8.22. The van der Waals surface area contributed by atoms with Crippen LogP contribution in [-0.4, -0.2) is 30.3 Å². The van der Waals surface area contributed by atoms with Crippen molar-refractivity contribution in [2.45, 2.75) is 63.7 Å². The van der Waals surface area contributed by atoms with Gasteiger partial charge in [0, 0.05) is 30.0 Å². The van der Waals surface area contributed by atoms with Crippen molar-refractivity contribution in [3.05, 3.63) is 78.1 Å². The smallest absolute Gasteiger partial charge is 0.146 e. The summed E-state index contributed by atoms with van der Waals surface area (Å²) in [7, 11) is 0. The summed E-state index contributed by atoms with van der Waals surface area (Å²) in [5, 5.41) is 1.17. The van der Waals surface area contributed by atoms with Crippen LogP contribution in [0.3, 0.4) is 0 Å². The summed E-state index contributed by atoms with van der Waals surface area (Å²) >= 11 is 0. The lowest BCUT2D eigenvalue weighted by atomic mass is 9.69. The van der Waals surface area contributed by atoms with Gasteiger partial charge in [0.2, 0.25) is 0 Å². The van der Waals surface area contributed by atoms with E-state index >= 15 is 0 Å². The van der Waals surface area contributed by atoms with Crippen LogP contribution in [0, 0.1) is 5.92 Å². The van der Waals surface area contributed by atoms with Gasteiger partial charge in [-0.25, -0.2) is 0 Å². The van der Waals surface area contributed by atoms with Gasteiger partial charge in [-0.15, -0.1) is 0 Å². The predicted molar refractivity (Wildman–Crippen MR) is 140 cm³/mol. The van der Waals surface area contributed by atoms with Crippen molar-refractivity contribution in [3.63, 3.8) is 0 Å². The third kappa shape index (κ3) is 4.77. The number of benzene rings is 2. The Morgan fingerprint density at radius 2 is 1.82 bits per heavy atom. The Bertz CT molecular complexity index is 1140. The molecule has 34 heavy (non-hydrogen) atoms.